The van der Waals surface area contributed by atoms with Crippen molar-refractivity contribution < 1.29 is 0 Å². The molecule has 2 N–H and O–H groups in total. The van der Waals surface area contributed by atoms with Crippen LogP contribution in [-0.2, 0) is 0 Å². The monoisotopic (exact) mass is 296 g/mol. The summed E-state index contributed by atoms with van der Waals surface area (Å²) in [6, 6.07) is 9.71. The predicted molar refractivity (Wildman–Crippen MR) is 75.9 cm³/mol. The third-order valence-electron chi connectivity index (χ3n) is 3.87. The van der Waals surface area contributed by atoms with Gasteiger partial charge in [0.05, 0.1) is 0 Å². The van der Waals surface area contributed by atoms with Crippen LogP contribution in [-0.4, -0.2) is 24.0 Å². The van der Waals surface area contributed by atoms with Crippen molar-refractivity contribution in [1.29, 1.82) is 0 Å². The standard InChI is InChI=1S/C14H21BrN2/c1-10-6-12(8-16)9-17(10)11(2)13-4-3-5-14(15)7-13/h3-5,7,10-12H,6,8-9,16H2,1-2H3. The summed E-state index contributed by atoms with van der Waals surface area (Å²) in [5.41, 5.74) is 7.17. The van der Waals surface area contributed by atoms with E-state index in [9.17, 15) is 0 Å². The Bertz CT molecular complexity index is 380. The maximum absolute atomic E-state index is 5.79. The molecule has 1 saturated heterocycles. The van der Waals surface area contributed by atoms with Crippen LogP contribution in [0.1, 0.15) is 31.9 Å². The van der Waals surface area contributed by atoms with Gasteiger partial charge < -0.3 is 5.73 Å². The topological polar surface area (TPSA) is 29.3 Å². The van der Waals surface area contributed by atoms with Crippen LogP contribution in [0.4, 0.5) is 0 Å². The molecule has 0 saturated carbocycles. The molecule has 3 unspecified atom stereocenters. The highest BCUT2D eigenvalue weighted by Gasteiger charge is 2.31. The second-order valence-electron chi connectivity index (χ2n) is 5.11. The van der Waals surface area contributed by atoms with Crippen LogP contribution >= 0.6 is 15.9 Å². The van der Waals surface area contributed by atoms with E-state index >= 15 is 0 Å². The zero-order valence-corrected chi connectivity index (χ0v) is 12.2. The minimum Gasteiger partial charge on any atom is -0.330 e. The summed E-state index contributed by atoms with van der Waals surface area (Å²) in [5, 5.41) is 0. The number of likely N-dealkylation sites (tertiary alicyclic amines) is 1. The molecule has 0 aromatic heterocycles. The number of halogens is 1. The van der Waals surface area contributed by atoms with E-state index in [1.165, 1.54) is 12.0 Å². The smallest absolute Gasteiger partial charge is 0.0323 e. The maximum Gasteiger partial charge on any atom is 0.0323 e. The molecule has 1 fully saturated rings. The van der Waals surface area contributed by atoms with Crippen LogP contribution in [0.15, 0.2) is 28.7 Å². The highest BCUT2D eigenvalue weighted by molar-refractivity contribution is 9.10. The molecule has 3 heteroatoms. The van der Waals surface area contributed by atoms with Gasteiger partial charge in [-0.2, -0.15) is 0 Å². The summed E-state index contributed by atoms with van der Waals surface area (Å²) in [5.74, 6) is 0.666. The molecule has 0 aliphatic carbocycles. The fraction of sp³-hybridized carbons (Fsp3) is 0.571. The summed E-state index contributed by atoms with van der Waals surface area (Å²) in [4.78, 5) is 2.57. The lowest BCUT2D eigenvalue weighted by Gasteiger charge is -2.29. The second-order valence-corrected chi connectivity index (χ2v) is 6.03. The minimum atomic E-state index is 0.471. The summed E-state index contributed by atoms with van der Waals surface area (Å²) in [6.45, 7) is 6.54. The SMILES string of the molecule is CC1CC(CN)CN1C(C)c1cccc(Br)c1. The molecule has 3 atom stereocenters. The Labute approximate surface area is 112 Å². The van der Waals surface area contributed by atoms with Gasteiger partial charge in [0.1, 0.15) is 0 Å². The van der Waals surface area contributed by atoms with E-state index in [0.29, 0.717) is 18.0 Å². The van der Waals surface area contributed by atoms with Crippen LogP contribution in [0.25, 0.3) is 0 Å². The lowest BCUT2D eigenvalue weighted by molar-refractivity contribution is 0.200. The predicted octanol–water partition coefficient (Wildman–Crippen LogP) is 3.18. The number of nitrogens with two attached hydrogens (primary N) is 1. The molecule has 0 radical (unpaired) electrons. The first kappa shape index (κ1) is 13.1. The molecule has 0 spiro atoms. The van der Waals surface area contributed by atoms with Crippen LogP contribution < -0.4 is 5.73 Å². The molecule has 2 rings (SSSR count). The van der Waals surface area contributed by atoms with Gasteiger partial charge in [0.25, 0.3) is 0 Å². The van der Waals surface area contributed by atoms with Crippen molar-refractivity contribution in [3.8, 4) is 0 Å². The highest BCUT2D eigenvalue weighted by atomic mass is 79.9. The van der Waals surface area contributed by atoms with E-state index in [2.05, 4.69) is 58.9 Å². The molecule has 1 aliphatic heterocycles. The van der Waals surface area contributed by atoms with E-state index in [-0.39, 0.29) is 0 Å². The van der Waals surface area contributed by atoms with E-state index in [1.54, 1.807) is 0 Å². The first-order valence-electron chi connectivity index (χ1n) is 6.33. The van der Waals surface area contributed by atoms with Gasteiger partial charge in [-0.05, 0) is 50.4 Å². The average Bonchev–Trinajstić information content (AvgIpc) is 2.69. The zero-order chi connectivity index (χ0) is 12.4. The molecule has 1 aliphatic rings. The molecular formula is C14H21BrN2. The van der Waals surface area contributed by atoms with Gasteiger partial charge >= 0.3 is 0 Å². The molecule has 17 heavy (non-hydrogen) atoms. The molecule has 0 amide bonds. The number of nitrogens with zero attached hydrogens (tertiary/aromatic N) is 1. The number of rotatable bonds is 3. The van der Waals surface area contributed by atoms with Crippen LogP contribution in [0, 0.1) is 5.92 Å². The Morgan fingerprint density at radius 2 is 2.29 bits per heavy atom. The molecule has 1 aromatic rings. The minimum absolute atomic E-state index is 0.471. The fourth-order valence-electron chi connectivity index (χ4n) is 2.84. The molecule has 1 aromatic carbocycles. The van der Waals surface area contributed by atoms with Gasteiger partial charge in [-0.3, -0.25) is 4.90 Å². The lowest BCUT2D eigenvalue weighted by atomic mass is 10.1. The summed E-state index contributed by atoms with van der Waals surface area (Å²) in [7, 11) is 0. The Kier molecular flexibility index (Phi) is 4.23. The Morgan fingerprint density at radius 1 is 1.53 bits per heavy atom. The van der Waals surface area contributed by atoms with Gasteiger partial charge in [-0.1, -0.05) is 28.1 Å². The van der Waals surface area contributed by atoms with Crippen LogP contribution in [0.5, 0.6) is 0 Å². The third kappa shape index (κ3) is 2.90. The Morgan fingerprint density at radius 3 is 2.88 bits per heavy atom. The van der Waals surface area contributed by atoms with Gasteiger partial charge in [-0.25, -0.2) is 0 Å². The molecule has 0 bridgehead atoms. The number of benzene rings is 1. The van der Waals surface area contributed by atoms with Crippen LogP contribution in [0.3, 0.4) is 0 Å². The zero-order valence-electron chi connectivity index (χ0n) is 10.6. The fourth-order valence-corrected chi connectivity index (χ4v) is 3.26. The van der Waals surface area contributed by atoms with E-state index in [4.69, 9.17) is 5.73 Å². The lowest BCUT2D eigenvalue weighted by Crippen LogP contribution is -2.30. The first-order chi connectivity index (χ1) is 8.11. The quantitative estimate of drug-likeness (QED) is 0.928. The highest BCUT2D eigenvalue weighted by Crippen LogP contribution is 2.32. The summed E-state index contributed by atoms with van der Waals surface area (Å²) < 4.78 is 1.16. The van der Waals surface area contributed by atoms with Gasteiger partial charge in [0.2, 0.25) is 0 Å². The van der Waals surface area contributed by atoms with Gasteiger partial charge in [-0.15, -0.1) is 0 Å². The van der Waals surface area contributed by atoms with E-state index in [1.807, 2.05) is 0 Å². The largest absolute Gasteiger partial charge is 0.330 e. The van der Waals surface area contributed by atoms with Crippen molar-refractivity contribution in [3.63, 3.8) is 0 Å². The maximum atomic E-state index is 5.79. The second kappa shape index (κ2) is 5.51. The normalized spacial score (nSPS) is 27.3. The molecule has 1 heterocycles. The van der Waals surface area contributed by atoms with E-state index in [0.717, 1.165) is 17.6 Å². The van der Waals surface area contributed by atoms with Crippen molar-refractivity contribution in [2.24, 2.45) is 11.7 Å². The van der Waals surface area contributed by atoms with E-state index < -0.39 is 0 Å². The number of hydrogen-bond donors (Lipinski definition) is 1. The Balaban J connectivity index is 2.12. The van der Waals surface area contributed by atoms with Crippen molar-refractivity contribution in [1.82, 2.24) is 4.90 Å². The number of hydrogen-bond acceptors (Lipinski definition) is 2. The summed E-state index contributed by atoms with van der Waals surface area (Å²) >= 11 is 3.54. The molecule has 2 nitrogen and oxygen atoms in total. The first-order valence-corrected chi connectivity index (χ1v) is 7.12. The average molecular weight is 297 g/mol. The van der Waals surface area contributed by atoms with Crippen molar-refractivity contribution >= 4 is 15.9 Å². The van der Waals surface area contributed by atoms with Crippen molar-refractivity contribution in [3.05, 3.63) is 34.3 Å². The molecule has 94 valence electrons. The van der Waals surface area contributed by atoms with Crippen LogP contribution in [0.2, 0.25) is 0 Å². The van der Waals surface area contributed by atoms with Crippen molar-refractivity contribution in [2.75, 3.05) is 13.1 Å². The van der Waals surface area contributed by atoms with Gasteiger partial charge in [0.15, 0.2) is 0 Å². The molecular weight excluding hydrogens is 276 g/mol. The third-order valence-corrected chi connectivity index (χ3v) is 4.36. The Hall–Kier alpha value is -0.380. The summed E-state index contributed by atoms with van der Waals surface area (Å²) in [6.07, 6.45) is 1.23. The van der Waals surface area contributed by atoms with Crippen molar-refractivity contribution in [2.45, 2.75) is 32.4 Å². The van der Waals surface area contributed by atoms with Gasteiger partial charge in [0, 0.05) is 23.1 Å².